The maximum absolute atomic E-state index is 5.14. The standard InChI is InChI=1S/C13H13BrN2S/c1-7-4-10(5-8(2)12(7)14)13-15-9(3)6-11(17)16-13/h4-6H,1-3H3,(H,15,16,17). The number of hydrogen-bond acceptors (Lipinski definition) is 2. The van der Waals surface area contributed by atoms with Crippen LogP contribution in [0.3, 0.4) is 0 Å². The Labute approximate surface area is 114 Å². The molecule has 2 nitrogen and oxygen atoms in total. The highest BCUT2D eigenvalue weighted by atomic mass is 79.9. The lowest BCUT2D eigenvalue weighted by molar-refractivity contribution is 1.09. The van der Waals surface area contributed by atoms with Gasteiger partial charge in [0.15, 0.2) is 0 Å². The van der Waals surface area contributed by atoms with Gasteiger partial charge in [0, 0.05) is 15.7 Å². The second kappa shape index (κ2) is 4.70. The van der Waals surface area contributed by atoms with Crippen LogP contribution in [0.25, 0.3) is 11.4 Å². The first-order chi connectivity index (χ1) is 7.97. The van der Waals surface area contributed by atoms with Crippen LogP contribution >= 0.6 is 28.1 Å². The van der Waals surface area contributed by atoms with Crippen LogP contribution in [0.15, 0.2) is 22.7 Å². The number of aromatic nitrogens is 2. The normalized spacial score (nSPS) is 10.6. The minimum absolute atomic E-state index is 0.620. The summed E-state index contributed by atoms with van der Waals surface area (Å²) in [5, 5.41) is 0. The molecular formula is C13H13BrN2S. The zero-order valence-corrected chi connectivity index (χ0v) is 12.4. The molecule has 0 bridgehead atoms. The van der Waals surface area contributed by atoms with Crippen LogP contribution in [-0.2, 0) is 0 Å². The predicted molar refractivity (Wildman–Crippen MR) is 76.8 cm³/mol. The Bertz CT molecular complexity index is 609. The predicted octanol–water partition coefficient (Wildman–Crippen LogP) is 4.49. The molecule has 0 aliphatic heterocycles. The van der Waals surface area contributed by atoms with Crippen LogP contribution in [0.2, 0.25) is 0 Å². The van der Waals surface area contributed by atoms with Crippen LogP contribution in [0.5, 0.6) is 0 Å². The molecule has 0 saturated heterocycles. The average Bonchev–Trinajstić information content (AvgIpc) is 2.23. The number of aromatic amines is 1. The van der Waals surface area contributed by atoms with Crippen LogP contribution in [0, 0.1) is 25.4 Å². The van der Waals surface area contributed by atoms with Gasteiger partial charge in [-0.15, -0.1) is 0 Å². The molecule has 0 aliphatic rings. The Balaban J connectivity index is 2.64. The van der Waals surface area contributed by atoms with Gasteiger partial charge in [-0.3, -0.25) is 0 Å². The van der Waals surface area contributed by atoms with E-state index >= 15 is 0 Å². The van der Waals surface area contributed by atoms with Crippen molar-refractivity contribution in [2.24, 2.45) is 0 Å². The van der Waals surface area contributed by atoms with E-state index in [-0.39, 0.29) is 0 Å². The summed E-state index contributed by atoms with van der Waals surface area (Å²) in [4.78, 5) is 7.61. The molecule has 1 aromatic carbocycles. The SMILES string of the molecule is Cc1cc(=S)nc(-c2cc(C)c(Br)c(C)c2)[nH]1. The van der Waals surface area contributed by atoms with E-state index in [2.05, 4.69) is 51.9 Å². The van der Waals surface area contributed by atoms with Crippen molar-refractivity contribution in [3.05, 3.63) is 44.1 Å². The Kier molecular flexibility index (Phi) is 3.45. The lowest BCUT2D eigenvalue weighted by atomic mass is 10.1. The summed E-state index contributed by atoms with van der Waals surface area (Å²) in [7, 11) is 0. The maximum atomic E-state index is 5.14. The van der Waals surface area contributed by atoms with Crippen molar-refractivity contribution in [2.75, 3.05) is 0 Å². The van der Waals surface area contributed by atoms with E-state index in [0.717, 1.165) is 21.6 Å². The maximum Gasteiger partial charge on any atom is 0.139 e. The molecule has 2 aromatic rings. The van der Waals surface area contributed by atoms with Crippen LogP contribution in [-0.4, -0.2) is 9.97 Å². The number of hydrogen-bond donors (Lipinski definition) is 1. The van der Waals surface area contributed by atoms with Crippen molar-refractivity contribution in [3.63, 3.8) is 0 Å². The zero-order chi connectivity index (χ0) is 12.6. The van der Waals surface area contributed by atoms with Gasteiger partial charge in [-0.25, -0.2) is 4.98 Å². The third-order valence-corrected chi connectivity index (χ3v) is 4.05. The van der Waals surface area contributed by atoms with Crippen molar-refractivity contribution in [2.45, 2.75) is 20.8 Å². The van der Waals surface area contributed by atoms with Gasteiger partial charge in [0.05, 0.1) is 0 Å². The molecular weight excluding hydrogens is 296 g/mol. The molecule has 4 heteroatoms. The number of rotatable bonds is 1. The molecule has 0 saturated carbocycles. The monoisotopic (exact) mass is 308 g/mol. The fourth-order valence-corrected chi connectivity index (χ4v) is 2.29. The molecule has 1 heterocycles. The summed E-state index contributed by atoms with van der Waals surface area (Å²) in [6.07, 6.45) is 0. The topological polar surface area (TPSA) is 28.7 Å². The first-order valence-corrected chi connectivity index (χ1v) is 6.52. The van der Waals surface area contributed by atoms with E-state index in [1.54, 1.807) is 0 Å². The van der Waals surface area contributed by atoms with Crippen LogP contribution in [0.4, 0.5) is 0 Å². The Hall–Kier alpha value is -1.00. The fourth-order valence-electron chi connectivity index (χ4n) is 1.80. The van der Waals surface area contributed by atoms with Crippen molar-refractivity contribution in [3.8, 4) is 11.4 Å². The van der Waals surface area contributed by atoms with E-state index in [1.165, 1.54) is 11.1 Å². The van der Waals surface area contributed by atoms with Gasteiger partial charge in [-0.2, -0.15) is 0 Å². The number of nitrogens with one attached hydrogen (secondary N) is 1. The second-order valence-electron chi connectivity index (χ2n) is 4.18. The summed E-state index contributed by atoms with van der Waals surface area (Å²) in [5.41, 5.74) is 4.49. The van der Waals surface area contributed by atoms with E-state index in [1.807, 2.05) is 13.0 Å². The lowest BCUT2D eigenvalue weighted by Gasteiger charge is -2.08. The molecule has 0 amide bonds. The van der Waals surface area contributed by atoms with E-state index in [4.69, 9.17) is 12.2 Å². The Morgan fingerprint density at radius 2 is 1.71 bits per heavy atom. The summed E-state index contributed by atoms with van der Waals surface area (Å²) in [6, 6.07) is 6.06. The van der Waals surface area contributed by atoms with Crippen molar-refractivity contribution in [1.29, 1.82) is 0 Å². The summed E-state index contributed by atoms with van der Waals surface area (Å²) >= 11 is 8.70. The molecule has 0 fully saturated rings. The second-order valence-corrected chi connectivity index (χ2v) is 5.39. The summed E-state index contributed by atoms with van der Waals surface area (Å²) < 4.78 is 1.77. The van der Waals surface area contributed by atoms with Gasteiger partial charge in [0.2, 0.25) is 0 Å². The third-order valence-electron chi connectivity index (χ3n) is 2.59. The molecule has 0 aliphatic carbocycles. The van der Waals surface area contributed by atoms with Gasteiger partial charge >= 0.3 is 0 Å². The third kappa shape index (κ3) is 2.64. The van der Waals surface area contributed by atoms with E-state index in [9.17, 15) is 0 Å². The van der Waals surface area contributed by atoms with Crippen molar-refractivity contribution >= 4 is 28.1 Å². The molecule has 2 rings (SSSR count). The average molecular weight is 309 g/mol. The minimum atomic E-state index is 0.620. The molecule has 88 valence electrons. The van der Waals surface area contributed by atoms with Crippen molar-refractivity contribution < 1.29 is 0 Å². The largest absolute Gasteiger partial charge is 0.343 e. The highest BCUT2D eigenvalue weighted by molar-refractivity contribution is 9.10. The number of benzene rings is 1. The molecule has 1 N–H and O–H groups in total. The van der Waals surface area contributed by atoms with E-state index < -0.39 is 0 Å². The van der Waals surface area contributed by atoms with Gasteiger partial charge in [-0.1, -0.05) is 28.1 Å². The molecule has 0 spiro atoms. The molecule has 17 heavy (non-hydrogen) atoms. The summed E-state index contributed by atoms with van der Waals surface area (Å²) in [5.74, 6) is 0.828. The van der Waals surface area contributed by atoms with Gasteiger partial charge in [0.25, 0.3) is 0 Å². The van der Waals surface area contributed by atoms with E-state index in [0.29, 0.717) is 4.64 Å². The zero-order valence-electron chi connectivity index (χ0n) is 9.97. The smallest absolute Gasteiger partial charge is 0.139 e. The minimum Gasteiger partial charge on any atom is -0.343 e. The number of halogens is 1. The molecule has 0 unspecified atom stereocenters. The highest BCUT2D eigenvalue weighted by Gasteiger charge is 2.06. The van der Waals surface area contributed by atoms with Gasteiger partial charge in [-0.05, 0) is 50.1 Å². The number of nitrogens with zero attached hydrogens (tertiary/aromatic N) is 1. The van der Waals surface area contributed by atoms with Crippen LogP contribution in [0.1, 0.15) is 16.8 Å². The number of aryl methyl sites for hydroxylation is 3. The lowest BCUT2D eigenvalue weighted by Crippen LogP contribution is -1.94. The first-order valence-electron chi connectivity index (χ1n) is 5.32. The Morgan fingerprint density at radius 3 is 2.24 bits per heavy atom. The van der Waals surface area contributed by atoms with Crippen molar-refractivity contribution in [1.82, 2.24) is 9.97 Å². The first kappa shape index (κ1) is 12.5. The highest BCUT2D eigenvalue weighted by Crippen LogP contribution is 2.26. The fraction of sp³-hybridized carbons (Fsp3) is 0.231. The van der Waals surface area contributed by atoms with Gasteiger partial charge < -0.3 is 4.98 Å². The number of H-pyrrole nitrogens is 1. The molecule has 0 atom stereocenters. The quantitative estimate of drug-likeness (QED) is 0.786. The molecule has 0 radical (unpaired) electrons. The molecule has 1 aromatic heterocycles. The van der Waals surface area contributed by atoms with Crippen LogP contribution < -0.4 is 0 Å². The Morgan fingerprint density at radius 1 is 1.12 bits per heavy atom. The summed E-state index contributed by atoms with van der Waals surface area (Å²) in [6.45, 7) is 6.13. The van der Waals surface area contributed by atoms with Gasteiger partial charge in [0.1, 0.15) is 10.5 Å².